The van der Waals surface area contributed by atoms with Crippen molar-refractivity contribution in [2.75, 3.05) is 0 Å². The van der Waals surface area contributed by atoms with Gasteiger partial charge in [-0.05, 0) is 36.1 Å². The lowest BCUT2D eigenvalue weighted by Crippen LogP contribution is -2.45. The minimum atomic E-state index is -4.22. The highest BCUT2D eigenvalue weighted by molar-refractivity contribution is 7.88. The van der Waals surface area contributed by atoms with Crippen molar-refractivity contribution in [1.29, 1.82) is 0 Å². The number of amides is 1. The molecule has 35 heavy (non-hydrogen) atoms. The number of nitrogens with one attached hydrogen (secondary N) is 1. The molecule has 6 heteroatoms. The Morgan fingerprint density at radius 2 is 1.06 bits per heavy atom. The molecule has 1 N–H and O–H groups in total. The van der Waals surface area contributed by atoms with Crippen molar-refractivity contribution in [3.05, 3.63) is 143 Å². The second-order valence-corrected chi connectivity index (χ2v) is 10.5. The zero-order valence-corrected chi connectivity index (χ0v) is 20.4. The van der Waals surface area contributed by atoms with Crippen LogP contribution in [0.5, 0.6) is 0 Å². The fraction of sp³-hybridized carbons (Fsp3) is 0.138. The Morgan fingerprint density at radius 1 is 0.657 bits per heavy atom. The number of hydrogen-bond acceptors (Lipinski definition) is 3. The number of carbonyl (C=O) groups excluding carboxylic acids is 1. The van der Waals surface area contributed by atoms with Gasteiger partial charge in [0.15, 0.2) is 5.54 Å². The van der Waals surface area contributed by atoms with E-state index in [1.54, 1.807) is 0 Å². The molecule has 176 valence electrons. The average Bonchev–Trinajstić information content (AvgIpc) is 3.08. The van der Waals surface area contributed by atoms with Crippen LogP contribution in [0.15, 0.2) is 109 Å². The number of rotatable bonds is 5. The highest BCUT2D eigenvalue weighted by Gasteiger charge is 2.59. The van der Waals surface area contributed by atoms with E-state index >= 15 is 0 Å². The third-order valence-corrected chi connectivity index (χ3v) is 7.95. The van der Waals surface area contributed by atoms with Crippen molar-refractivity contribution >= 4 is 16.1 Å². The highest BCUT2D eigenvalue weighted by Crippen LogP contribution is 2.43. The molecule has 0 spiro atoms. The molecule has 5 nitrogen and oxygen atoms in total. The molecule has 0 saturated carbocycles. The van der Waals surface area contributed by atoms with Crippen LogP contribution in [-0.2, 0) is 20.5 Å². The summed E-state index contributed by atoms with van der Waals surface area (Å²) < 4.78 is 31.5. The maximum absolute atomic E-state index is 14.5. The Morgan fingerprint density at radius 3 is 1.46 bits per heavy atom. The highest BCUT2D eigenvalue weighted by atomic mass is 32.2. The Balaban J connectivity index is 1.76. The molecule has 0 aromatic heterocycles. The largest absolute Gasteiger partial charge is 0.306 e. The Kier molecular flexibility index (Phi) is 5.79. The SMILES string of the molecule is Cc1ccc(C2(c3ccc(C)cc3)NS(=O)(=O)N(C(c3ccccc3)c3ccccc3)C2=O)cc1. The van der Waals surface area contributed by atoms with Crippen LogP contribution in [0.2, 0.25) is 0 Å². The molecule has 1 saturated heterocycles. The molecule has 1 amide bonds. The smallest absolute Gasteiger partial charge is 0.271 e. The zero-order valence-electron chi connectivity index (χ0n) is 19.5. The second-order valence-electron chi connectivity index (χ2n) is 8.91. The predicted molar refractivity (Wildman–Crippen MR) is 137 cm³/mol. The first kappa shape index (κ1) is 23.0. The Hall–Kier alpha value is -3.74. The maximum Gasteiger partial charge on any atom is 0.306 e. The molecule has 4 aromatic carbocycles. The molecule has 1 aliphatic rings. The molecule has 0 aliphatic carbocycles. The lowest BCUT2D eigenvalue weighted by atomic mass is 9.81. The molecule has 4 aromatic rings. The fourth-order valence-electron chi connectivity index (χ4n) is 4.69. The van der Waals surface area contributed by atoms with Crippen LogP contribution in [0.25, 0.3) is 0 Å². The van der Waals surface area contributed by atoms with Gasteiger partial charge in [-0.2, -0.15) is 13.1 Å². The molecule has 0 radical (unpaired) electrons. The number of hydrogen-bond donors (Lipinski definition) is 1. The first-order chi connectivity index (χ1) is 16.8. The summed E-state index contributed by atoms with van der Waals surface area (Å²) in [5.41, 5.74) is 3.02. The molecule has 5 rings (SSSR count). The van der Waals surface area contributed by atoms with Gasteiger partial charge >= 0.3 is 10.2 Å². The van der Waals surface area contributed by atoms with Gasteiger partial charge in [0.2, 0.25) is 0 Å². The monoisotopic (exact) mass is 482 g/mol. The zero-order chi connectivity index (χ0) is 24.6. The van der Waals surface area contributed by atoms with Gasteiger partial charge in [0.1, 0.15) is 0 Å². The predicted octanol–water partition coefficient (Wildman–Crippen LogP) is 5.01. The van der Waals surface area contributed by atoms with Gasteiger partial charge in [0.05, 0.1) is 6.04 Å². The van der Waals surface area contributed by atoms with Gasteiger partial charge < -0.3 is 0 Å². The second kappa shape index (κ2) is 8.80. The van der Waals surface area contributed by atoms with E-state index in [0.717, 1.165) is 15.4 Å². The molecule has 0 unspecified atom stereocenters. The van der Waals surface area contributed by atoms with Gasteiger partial charge in [-0.3, -0.25) is 4.79 Å². The average molecular weight is 483 g/mol. The van der Waals surface area contributed by atoms with Crippen LogP contribution in [-0.4, -0.2) is 18.6 Å². The van der Waals surface area contributed by atoms with Gasteiger partial charge in [0, 0.05) is 0 Å². The molecular formula is C29H26N2O3S. The number of aryl methyl sites for hydroxylation is 2. The summed E-state index contributed by atoms with van der Waals surface area (Å²) >= 11 is 0. The number of benzene rings is 4. The normalized spacial score (nSPS) is 16.5. The van der Waals surface area contributed by atoms with E-state index in [4.69, 9.17) is 0 Å². The van der Waals surface area contributed by atoms with E-state index in [0.29, 0.717) is 22.3 Å². The van der Waals surface area contributed by atoms with Crippen LogP contribution >= 0.6 is 0 Å². The van der Waals surface area contributed by atoms with Gasteiger partial charge in [0.25, 0.3) is 5.91 Å². The van der Waals surface area contributed by atoms with Crippen LogP contribution in [0.4, 0.5) is 0 Å². The number of nitrogens with zero attached hydrogens (tertiary/aromatic N) is 1. The van der Waals surface area contributed by atoms with Crippen molar-refractivity contribution in [2.24, 2.45) is 0 Å². The van der Waals surface area contributed by atoms with E-state index < -0.39 is 27.7 Å². The van der Waals surface area contributed by atoms with E-state index in [1.165, 1.54) is 0 Å². The quantitative estimate of drug-likeness (QED) is 0.435. The van der Waals surface area contributed by atoms with Gasteiger partial charge in [-0.1, -0.05) is 120 Å². The lowest BCUT2D eigenvalue weighted by Gasteiger charge is -2.30. The topological polar surface area (TPSA) is 66.5 Å². The van der Waals surface area contributed by atoms with Crippen molar-refractivity contribution < 1.29 is 13.2 Å². The molecule has 1 aliphatic heterocycles. The van der Waals surface area contributed by atoms with Crippen molar-refractivity contribution in [2.45, 2.75) is 25.4 Å². The minimum absolute atomic E-state index is 0.539. The first-order valence-corrected chi connectivity index (χ1v) is 12.9. The van der Waals surface area contributed by atoms with E-state index in [9.17, 15) is 13.2 Å². The summed E-state index contributed by atoms with van der Waals surface area (Å²) in [5, 5.41) is 0. The third kappa shape index (κ3) is 3.95. The standard InChI is InChI=1S/C29H26N2O3S/c1-21-13-17-25(18-14-21)29(26-19-15-22(2)16-20-26)28(32)31(35(33,34)30-29)27(23-9-5-3-6-10-23)24-11-7-4-8-12-24/h3-20,27,30H,1-2H3. The summed E-state index contributed by atoms with van der Waals surface area (Å²) in [5.74, 6) is -0.539. The van der Waals surface area contributed by atoms with E-state index in [2.05, 4.69) is 4.72 Å². The summed E-state index contributed by atoms with van der Waals surface area (Å²) in [6, 6.07) is 32.5. The molecule has 1 heterocycles. The summed E-state index contributed by atoms with van der Waals surface area (Å²) in [7, 11) is -4.22. The van der Waals surface area contributed by atoms with Crippen LogP contribution in [0.1, 0.15) is 39.4 Å². The minimum Gasteiger partial charge on any atom is -0.271 e. The summed E-state index contributed by atoms with van der Waals surface area (Å²) in [6.07, 6.45) is 0. The van der Waals surface area contributed by atoms with Gasteiger partial charge in [-0.15, -0.1) is 0 Å². The summed E-state index contributed by atoms with van der Waals surface area (Å²) in [4.78, 5) is 14.5. The molecule has 0 bridgehead atoms. The van der Waals surface area contributed by atoms with Crippen molar-refractivity contribution in [3.8, 4) is 0 Å². The van der Waals surface area contributed by atoms with Crippen molar-refractivity contribution in [1.82, 2.24) is 9.03 Å². The van der Waals surface area contributed by atoms with Crippen LogP contribution < -0.4 is 4.72 Å². The fourth-order valence-corrected chi connectivity index (χ4v) is 6.37. The molecule has 0 atom stereocenters. The summed E-state index contributed by atoms with van der Waals surface area (Å²) in [6.45, 7) is 3.91. The van der Waals surface area contributed by atoms with Crippen LogP contribution in [0, 0.1) is 13.8 Å². The van der Waals surface area contributed by atoms with Crippen molar-refractivity contribution in [3.63, 3.8) is 0 Å². The van der Waals surface area contributed by atoms with E-state index in [1.807, 2.05) is 123 Å². The number of carbonyl (C=O) groups is 1. The molecular weight excluding hydrogens is 456 g/mol. The Bertz CT molecular complexity index is 1370. The van der Waals surface area contributed by atoms with Gasteiger partial charge in [-0.25, -0.2) is 4.31 Å². The first-order valence-electron chi connectivity index (χ1n) is 11.4. The van der Waals surface area contributed by atoms with E-state index in [-0.39, 0.29) is 0 Å². The lowest BCUT2D eigenvalue weighted by molar-refractivity contribution is -0.130. The third-order valence-electron chi connectivity index (χ3n) is 6.50. The Labute approximate surface area is 206 Å². The maximum atomic E-state index is 14.5. The van der Waals surface area contributed by atoms with Crippen LogP contribution in [0.3, 0.4) is 0 Å². The molecule has 1 fully saturated rings.